The lowest BCUT2D eigenvalue weighted by Crippen LogP contribution is -2.26. The van der Waals surface area contributed by atoms with E-state index in [0.717, 1.165) is 49.9 Å². The minimum Gasteiger partial charge on any atom is -0.488 e. The number of nitrogens with zero attached hydrogens (tertiary/aromatic N) is 2. The quantitative estimate of drug-likeness (QED) is 0.201. The van der Waals surface area contributed by atoms with Gasteiger partial charge in [0.25, 0.3) is 0 Å². The monoisotopic (exact) mass is 568 g/mol. The summed E-state index contributed by atoms with van der Waals surface area (Å²) in [5, 5.41) is 9.05. The van der Waals surface area contributed by atoms with E-state index in [4.69, 9.17) is 9.84 Å². The summed E-state index contributed by atoms with van der Waals surface area (Å²) >= 11 is 0. The first-order valence-electron chi connectivity index (χ1n) is 14.3. The van der Waals surface area contributed by atoms with Crippen molar-refractivity contribution >= 4 is 11.7 Å². The van der Waals surface area contributed by atoms with Gasteiger partial charge in [0, 0.05) is 37.0 Å². The summed E-state index contributed by atoms with van der Waals surface area (Å²) < 4.78 is 50.0. The lowest BCUT2D eigenvalue weighted by Gasteiger charge is -2.26. The molecule has 0 atom stereocenters. The zero-order valence-electron chi connectivity index (χ0n) is 24.2. The highest BCUT2D eigenvalue weighted by atomic mass is 19.1. The first-order valence-corrected chi connectivity index (χ1v) is 14.3. The van der Waals surface area contributed by atoms with Gasteiger partial charge in [-0.05, 0) is 106 Å². The van der Waals surface area contributed by atoms with Crippen molar-refractivity contribution in [2.45, 2.75) is 65.0 Å². The molecule has 1 aliphatic rings. The lowest BCUT2D eigenvalue weighted by molar-refractivity contribution is 0.0692. The molecule has 0 amide bonds. The van der Waals surface area contributed by atoms with Crippen molar-refractivity contribution in [3.63, 3.8) is 0 Å². The molecule has 41 heavy (non-hydrogen) atoms. The second-order valence-corrected chi connectivity index (χ2v) is 11.1. The Bertz CT molecular complexity index is 1360. The average molecular weight is 569 g/mol. The molecule has 0 aliphatic heterocycles. The number of carboxylic acids is 1. The van der Waals surface area contributed by atoms with Gasteiger partial charge in [0.2, 0.25) is 0 Å². The molecule has 3 aromatic rings. The van der Waals surface area contributed by atoms with Crippen LogP contribution in [0.1, 0.15) is 73.9 Å². The number of rotatable bonds is 14. The summed E-state index contributed by atoms with van der Waals surface area (Å²) in [6.45, 7) is 8.62. The molecule has 0 spiro atoms. The maximum Gasteiger partial charge on any atom is 0.338 e. The molecule has 1 aliphatic carbocycles. The number of ether oxygens (including phenoxy) is 1. The Kier molecular flexibility index (Phi) is 9.97. The Labute approximate surface area is 240 Å². The second-order valence-electron chi connectivity index (χ2n) is 11.1. The maximum atomic E-state index is 16.2. The van der Waals surface area contributed by atoms with Crippen molar-refractivity contribution in [2.24, 2.45) is 0 Å². The molecule has 8 heteroatoms. The van der Waals surface area contributed by atoms with Crippen LogP contribution in [0.15, 0.2) is 48.5 Å². The summed E-state index contributed by atoms with van der Waals surface area (Å²) in [7, 11) is 1.85. The Balaban J connectivity index is 1.47. The molecule has 220 valence electrons. The van der Waals surface area contributed by atoms with Crippen molar-refractivity contribution in [1.29, 1.82) is 0 Å². The van der Waals surface area contributed by atoms with Gasteiger partial charge in [0.15, 0.2) is 11.6 Å². The van der Waals surface area contributed by atoms with Crippen molar-refractivity contribution in [2.75, 3.05) is 31.6 Å². The van der Waals surface area contributed by atoms with Crippen molar-refractivity contribution in [3.05, 3.63) is 82.7 Å². The molecular formula is C33H39F3N2O3. The zero-order valence-corrected chi connectivity index (χ0v) is 24.2. The largest absolute Gasteiger partial charge is 0.488 e. The standard InChI is InChI=1S/C33H39F3N2O3/c1-5-38(17-7-6-16-37(4)26-14-15-27(33(39)40)29(35)19-26)20-24-18-28(22-8-9-22)30(23-10-12-25(34)13-11-23)31(36)32(24)41-21(2)3/h10-15,18-19,21-22H,5-9,16-17,20H2,1-4H3,(H,39,40). The van der Waals surface area contributed by atoms with Gasteiger partial charge in [-0.2, -0.15) is 0 Å². The van der Waals surface area contributed by atoms with Crippen LogP contribution in [0.3, 0.4) is 0 Å². The van der Waals surface area contributed by atoms with Gasteiger partial charge in [0.1, 0.15) is 11.6 Å². The van der Waals surface area contributed by atoms with E-state index >= 15 is 4.39 Å². The van der Waals surface area contributed by atoms with Crippen LogP contribution in [0.5, 0.6) is 5.75 Å². The number of aromatic carboxylic acids is 1. The Morgan fingerprint density at radius 2 is 1.71 bits per heavy atom. The van der Waals surface area contributed by atoms with E-state index in [1.165, 1.54) is 24.3 Å². The minimum atomic E-state index is -1.28. The molecule has 0 saturated heterocycles. The molecule has 1 N–H and O–H groups in total. The molecule has 5 nitrogen and oxygen atoms in total. The number of hydrogen-bond donors (Lipinski definition) is 1. The van der Waals surface area contributed by atoms with Gasteiger partial charge < -0.3 is 14.7 Å². The first-order chi connectivity index (χ1) is 19.6. The fourth-order valence-corrected chi connectivity index (χ4v) is 5.13. The minimum absolute atomic E-state index is 0.212. The van der Waals surface area contributed by atoms with Crippen LogP contribution < -0.4 is 9.64 Å². The molecule has 4 rings (SSSR count). The van der Waals surface area contributed by atoms with Crippen molar-refractivity contribution in [1.82, 2.24) is 4.90 Å². The zero-order chi connectivity index (χ0) is 29.7. The van der Waals surface area contributed by atoms with E-state index in [9.17, 15) is 13.6 Å². The number of halogens is 3. The van der Waals surface area contributed by atoms with E-state index in [0.29, 0.717) is 29.9 Å². The fraction of sp³-hybridized carbons (Fsp3) is 0.424. The molecule has 0 unspecified atom stereocenters. The van der Waals surface area contributed by atoms with Gasteiger partial charge in [-0.1, -0.05) is 19.1 Å². The maximum absolute atomic E-state index is 16.2. The van der Waals surface area contributed by atoms with Crippen molar-refractivity contribution in [3.8, 4) is 16.9 Å². The predicted molar refractivity (Wildman–Crippen MR) is 156 cm³/mol. The van der Waals surface area contributed by atoms with E-state index in [1.807, 2.05) is 25.8 Å². The molecule has 1 saturated carbocycles. The highest BCUT2D eigenvalue weighted by Gasteiger charge is 2.31. The van der Waals surface area contributed by atoms with Crippen LogP contribution in [-0.4, -0.2) is 48.8 Å². The number of unbranched alkanes of at least 4 members (excludes halogenated alkanes) is 1. The highest BCUT2D eigenvalue weighted by molar-refractivity contribution is 5.88. The Hall–Kier alpha value is -3.52. The molecule has 3 aromatic carbocycles. The lowest BCUT2D eigenvalue weighted by atomic mass is 9.92. The van der Waals surface area contributed by atoms with Crippen LogP contribution in [0.2, 0.25) is 0 Å². The smallest absolute Gasteiger partial charge is 0.338 e. The van der Waals surface area contributed by atoms with Gasteiger partial charge in [-0.3, -0.25) is 4.90 Å². The number of carboxylic acid groups (broad SMARTS) is 1. The number of anilines is 1. The molecule has 0 aromatic heterocycles. The van der Waals surface area contributed by atoms with Gasteiger partial charge in [-0.25, -0.2) is 18.0 Å². The van der Waals surface area contributed by atoms with E-state index in [-0.39, 0.29) is 35.0 Å². The van der Waals surface area contributed by atoms with E-state index < -0.39 is 11.8 Å². The van der Waals surface area contributed by atoms with Crippen molar-refractivity contribution < 1.29 is 27.8 Å². The Morgan fingerprint density at radius 3 is 2.29 bits per heavy atom. The van der Waals surface area contributed by atoms with Gasteiger partial charge in [-0.15, -0.1) is 0 Å². The van der Waals surface area contributed by atoms with E-state index in [2.05, 4.69) is 17.9 Å². The van der Waals surface area contributed by atoms with Gasteiger partial charge >= 0.3 is 5.97 Å². The number of hydrogen-bond acceptors (Lipinski definition) is 4. The third-order valence-electron chi connectivity index (χ3n) is 7.52. The van der Waals surface area contributed by atoms with Crippen LogP contribution in [0.4, 0.5) is 18.9 Å². The fourth-order valence-electron chi connectivity index (χ4n) is 5.13. The molecule has 0 radical (unpaired) electrons. The summed E-state index contributed by atoms with van der Waals surface area (Å²) in [6, 6.07) is 12.2. The molecule has 0 heterocycles. The summed E-state index contributed by atoms with van der Waals surface area (Å²) in [6.07, 6.45) is 3.52. The summed E-state index contributed by atoms with van der Waals surface area (Å²) in [5.41, 5.74) is 3.22. The Morgan fingerprint density at radius 1 is 1.02 bits per heavy atom. The summed E-state index contributed by atoms with van der Waals surface area (Å²) in [4.78, 5) is 15.2. The third-order valence-corrected chi connectivity index (χ3v) is 7.52. The van der Waals surface area contributed by atoms with Crippen LogP contribution in [-0.2, 0) is 6.54 Å². The highest BCUT2D eigenvalue weighted by Crippen LogP contribution is 2.48. The SMILES string of the molecule is CCN(CCCCN(C)c1ccc(C(=O)O)c(F)c1)Cc1cc(C2CC2)c(-c2ccc(F)cc2)c(F)c1OC(C)C. The second kappa shape index (κ2) is 13.4. The number of carbonyl (C=O) groups is 1. The van der Waals surface area contributed by atoms with Gasteiger partial charge in [0.05, 0.1) is 11.7 Å². The normalized spacial score (nSPS) is 13.2. The number of benzene rings is 3. The topological polar surface area (TPSA) is 53.0 Å². The average Bonchev–Trinajstić information content (AvgIpc) is 3.77. The predicted octanol–water partition coefficient (Wildman–Crippen LogP) is 7.87. The summed E-state index contributed by atoms with van der Waals surface area (Å²) in [5.74, 6) is -2.23. The molecule has 1 fully saturated rings. The van der Waals surface area contributed by atoms with Crippen LogP contribution in [0, 0.1) is 17.5 Å². The van der Waals surface area contributed by atoms with Crippen LogP contribution >= 0.6 is 0 Å². The van der Waals surface area contributed by atoms with E-state index in [1.54, 1.807) is 18.2 Å². The molecule has 0 bridgehead atoms. The third kappa shape index (κ3) is 7.61. The molecular weight excluding hydrogens is 529 g/mol. The first kappa shape index (κ1) is 30.4. The van der Waals surface area contributed by atoms with Crippen LogP contribution in [0.25, 0.3) is 11.1 Å².